The van der Waals surface area contributed by atoms with Gasteiger partial charge in [0.25, 0.3) is 0 Å². The lowest BCUT2D eigenvalue weighted by Crippen LogP contribution is -2.16. The summed E-state index contributed by atoms with van der Waals surface area (Å²) in [5.41, 5.74) is 2.29. The number of aryl methyl sites for hydroxylation is 2. The Morgan fingerprint density at radius 2 is 2.06 bits per heavy atom. The number of anilines is 2. The molecule has 1 aromatic carbocycles. The Hall–Kier alpha value is -1.55. The van der Waals surface area contributed by atoms with E-state index in [2.05, 4.69) is 5.10 Å². The first-order chi connectivity index (χ1) is 8.56. The van der Waals surface area contributed by atoms with E-state index in [1.807, 2.05) is 21.0 Å². The van der Waals surface area contributed by atoms with Crippen molar-refractivity contribution in [1.82, 2.24) is 9.78 Å². The van der Waals surface area contributed by atoms with Gasteiger partial charge in [-0.1, -0.05) is 12.1 Å². The maximum atomic E-state index is 13.8. The van der Waals surface area contributed by atoms with Crippen LogP contribution in [-0.4, -0.2) is 16.8 Å². The highest BCUT2D eigenvalue weighted by molar-refractivity contribution is 6.17. The standard InChI is InChI=1S/C13H15ClFN3/c1-9-10(8-14)13(18(3)16-9)17(2)12-7-5-4-6-11(12)15/h4-7H,8H2,1-3H3. The van der Waals surface area contributed by atoms with Gasteiger partial charge in [0.15, 0.2) is 0 Å². The van der Waals surface area contributed by atoms with Crippen molar-refractivity contribution in [1.29, 1.82) is 0 Å². The molecule has 0 unspecified atom stereocenters. The van der Waals surface area contributed by atoms with E-state index in [9.17, 15) is 4.39 Å². The van der Waals surface area contributed by atoms with E-state index in [1.165, 1.54) is 6.07 Å². The smallest absolute Gasteiger partial charge is 0.146 e. The Bertz CT molecular complexity index is 565. The van der Waals surface area contributed by atoms with Crippen LogP contribution in [0.2, 0.25) is 0 Å². The molecule has 96 valence electrons. The average Bonchev–Trinajstić information content (AvgIpc) is 2.63. The van der Waals surface area contributed by atoms with Crippen LogP contribution in [-0.2, 0) is 12.9 Å². The molecule has 2 rings (SSSR count). The van der Waals surface area contributed by atoms with Crippen LogP contribution in [0.4, 0.5) is 15.9 Å². The third-order valence-electron chi connectivity index (χ3n) is 2.98. The van der Waals surface area contributed by atoms with E-state index in [-0.39, 0.29) is 5.82 Å². The summed E-state index contributed by atoms with van der Waals surface area (Å²) in [7, 11) is 3.64. The summed E-state index contributed by atoms with van der Waals surface area (Å²) in [6.07, 6.45) is 0. The maximum Gasteiger partial charge on any atom is 0.146 e. The number of alkyl halides is 1. The fourth-order valence-corrected chi connectivity index (χ4v) is 2.42. The minimum absolute atomic E-state index is 0.264. The molecule has 0 amide bonds. The van der Waals surface area contributed by atoms with Crippen LogP contribution in [0.5, 0.6) is 0 Å². The molecule has 0 radical (unpaired) electrons. The molecule has 5 heteroatoms. The zero-order valence-electron chi connectivity index (χ0n) is 10.6. The second kappa shape index (κ2) is 4.98. The largest absolute Gasteiger partial charge is 0.327 e. The lowest BCUT2D eigenvalue weighted by molar-refractivity contribution is 0.625. The monoisotopic (exact) mass is 267 g/mol. The number of nitrogens with zero attached hydrogens (tertiary/aromatic N) is 3. The second-order valence-corrected chi connectivity index (χ2v) is 4.42. The minimum Gasteiger partial charge on any atom is -0.327 e. The molecular weight excluding hydrogens is 253 g/mol. The van der Waals surface area contributed by atoms with Gasteiger partial charge in [0, 0.05) is 19.7 Å². The summed E-state index contributed by atoms with van der Waals surface area (Å²) < 4.78 is 15.5. The second-order valence-electron chi connectivity index (χ2n) is 4.16. The van der Waals surface area contributed by atoms with Crippen LogP contribution in [0.15, 0.2) is 24.3 Å². The fourth-order valence-electron chi connectivity index (χ4n) is 2.10. The number of aromatic nitrogens is 2. The first-order valence-electron chi connectivity index (χ1n) is 5.63. The molecule has 18 heavy (non-hydrogen) atoms. The molecule has 0 N–H and O–H groups in total. The van der Waals surface area contributed by atoms with Crippen LogP contribution in [0, 0.1) is 12.7 Å². The zero-order valence-corrected chi connectivity index (χ0v) is 11.4. The molecule has 0 aliphatic heterocycles. The first-order valence-corrected chi connectivity index (χ1v) is 6.16. The van der Waals surface area contributed by atoms with Crippen LogP contribution < -0.4 is 4.90 Å². The fraction of sp³-hybridized carbons (Fsp3) is 0.308. The number of hydrogen-bond acceptors (Lipinski definition) is 2. The zero-order chi connectivity index (χ0) is 13.3. The molecule has 0 aliphatic rings. The Labute approximate surface area is 111 Å². The SMILES string of the molecule is Cc1nn(C)c(N(C)c2ccccc2F)c1CCl. The number of para-hydroxylation sites is 1. The highest BCUT2D eigenvalue weighted by Gasteiger charge is 2.18. The summed E-state index contributed by atoms with van der Waals surface area (Å²) in [4.78, 5) is 1.77. The van der Waals surface area contributed by atoms with Gasteiger partial charge in [0.05, 0.1) is 17.3 Å². The number of rotatable bonds is 3. The maximum absolute atomic E-state index is 13.8. The summed E-state index contributed by atoms with van der Waals surface area (Å²) >= 11 is 5.95. The number of halogens is 2. The molecule has 1 heterocycles. The van der Waals surface area contributed by atoms with Gasteiger partial charge < -0.3 is 4.90 Å². The van der Waals surface area contributed by atoms with Gasteiger partial charge >= 0.3 is 0 Å². The highest BCUT2D eigenvalue weighted by atomic mass is 35.5. The summed E-state index contributed by atoms with van der Waals surface area (Å²) in [6, 6.07) is 6.65. The van der Waals surface area contributed by atoms with E-state index in [0.29, 0.717) is 11.6 Å². The van der Waals surface area contributed by atoms with Crippen molar-refractivity contribution in [3.63, 3.8) is 0 Å². The van der Waals surface area contributed by atoms with Crippen LogP contribution in [0.25, 0.3) is 0 Å². The van der Waals surface area contributed by atoms with Crippen molar-refractivity contribution in [3.8, 4) is 0 Å². The average molecular weight is 268 g/mol. The molecule has 1 aromatic heterocycles. The van der Waals surface area contributed by atoms with Crippen molar-refractivity contribution in [3.05, 3.63) is 41.3 Å². The third kappa shape index (κ3) is 2.08. The summed E-state index contributed by atoms with van der Waals surface area (Å²) in [5.74, 6) is 0.903. The van der Waals surface area contributed by atoms with Gasteiger partial charge in [-0.15, -0.1) is 11.6 Å². The predicted molar refractivity (Wildman–Crippen MR) is 72.0 cm³/mol. The lowest BCUT2D eigenvalue weighted by atomic mass is 10.2. The summed E-state index contributed by atoms with van der Waals surface area (Å²) in [5, 5.41) is 4.33. The predicted octanol–water partition coefficient (Wildman–Crippen LogP) is 3.37. The molecule has 0 aliphatic carbocycles. The van der Waals surface area contributed by atoms with E-state index in [1.54, 1.807) is 27.8 Å². The molecular formula is C13H15ClFN3. The molecule has 0 saturated heterocycles. The minimum atomic E-state index is -0.264. The molecule has 0 saturated carbocycles. The summed E-state index contributed by atoms with van der Waals surface area (Å²) in [6.45, 7) is 1.90. The Morgan fingerprint density at radius 3 is 2.67 bits per heavy atom. The van der Waals surface area contributed by atoms with Gasteiger partial charge in [0.2, 0.25) is 0 Å². The Balaban J connectivity index is 2.53. The van der Waals surface area contributed by atoms with E-state index < -0.39 is 0 Å². The quantitative estimate of drug-likeness (QED) is 0.795. The molecule has 0 atom stereocenters. The normalized spacial score (nSPS) is 10.7. The van der Waals surface area contributed by atoms with E-state index >= 15 is 0 Å². The van der Waals surface area contributed by atoms with Crippen LogP contribution in [0.3, 0.4) is 0 Å². The van der Waals surface area contributed by atoms with Crippen molar-refractivity contribution < 1.29 is 4.39 Å². The Kier molecular flexibility index (Phi) is 3.57. The lowest BCUT2D eigenvalue weighted by Gasteiger charge is -2.21. The number of hydrogen-bond donors (Lipinski definition) is 0. The van der Waals surface area contributed by atoms with Crippen LogP contribution >= 0.6 is 11.6 Å². The van der Waals surface area contributed by atoms with E-state index in [0.717, 1.165) is 17.1 Å². The van der Waals surface area contributed by atoms with Crippen molar-refractivity contribution >= 4 is 23.1 Å². The van der Waals surface area contributed by atoms with Gasteiger partial charge in [-0.25, -0.2) is 4.39 Å². The van der Waals surface area contributed by atoms with Crippen molar-refractivity contribution in [2.24, 2.45) is 7.05 Å². The van der Waals surface area contributed by atoms with E-state index in [4.69, 9.17) is 11.6 Å². The van der Waals surface area contributed by atoms with Crippen molar-refractivity contribution in [2.45, 2.75) is 12.8 Å². The number of benzene rings is 1. The molecule has 0 bridgehead atoms. The third-order valence-corrected chi connectivity index (χ3v) is 3.25. The van der Waals surface area contributed by atoms with Crippen molar-refractivity contribution in [2.75, 3.05) is 11.9 Å². The highest BCUT2D eigenvalue weighted by Crippen LogP contribution is 2.30. The molecule has 0 spiro atoms. The molecule has 2 aromatic rings. The van der Waals surface area contributed by atoms with Gasteiger partial charge in [-0.05, 0) is 19.1 Å². The topological polar surface area (TPSA) is 21.1 Å². The van der Waals surface area contributed by atoms with Gasteiger partial charge in [0.1, 0.15) is 11.6 Å². The van der Waals surface area contributed by atoms with Gasteiger partial charge in [-0.2, -0.15) is 5.10 Å². The first kappa shape index (κ1) is 12.9. The molecule has 3 nitrogen and oxygen atoms in total. The van der Waals surface area contributed by atoms with Crippen LogP contribution in [0.1, 0.15) is 11.3 Å². The molecule has 0 fully saturated rings. The Morgan fingerprint density at radius 1 is 1.39 bits per heavy atom. The van der Waals surface area contributed by atoms with Gasteiger partial charge in [-0.3, -0.25) is 4.68 Å².